The first-order valence-corrected chi connectivity index (χ1v) is 6.34. The van der Waals surface area contributed by atoms with Gasteiger partial charge in [0, 0.05) is 11.2 Å². The second kappa shape index (κ2) is 6.34. The van der Waals surface area contributed by atoms with E-state index in [1.807, 2.05) is 0 Å². The van der Waals surface area contributed by atoms with Crippen LogP contribution in [0.2, 0.25) is 5.02 Å². The number of nitrogens with zero attached hydrogens (tertiary/aromatic N) is 1. The molecular formula is C14H12ClFN2O2. The van der Waals surface area contributed by atoms with Gasteiger partial charge in [-0.25, -0.2) is 9.37 Å². The van der Waals surface area contributed by atoms with Crippen LogP contribution in [0.4, 0.5) is 10.1 Å². The van der Waals surface area contributed by atoms with Crippen LogP contribution >= 0.6 is 11.6 Å². The molecule has 1 aromatic carbocycles. The van der Waals surface area contributed by atoms with Gasteiger partial charge in [0.05, 0.1) is 12.3 Å². The first-order chi connectivity index (χ1) is 9.61. The number of ether oxygens (including phenoxy) is 1. The third kappa shape index (κ3) is 3.24. The van der Waals surface area contributed by atoms with Crippen LogP contribution in [0, 0.1) is 5.82 Å². The summed E-state index contributed by atoms with van der Waals surface area (Å²) < 4.78 is 18.9. The summed E-state index contributed by atoms with van der Waals surface area (Å²) in [5, 5.41) is 2.72. The number of rotatable bonds is 4. The second-order valence-electron chi connectivity index (χ2n) is 3.87. The van der Waals surface area contributed by atoms with Crippen LogP contribution in [-0.4, -0.2) is 17.5 Å². The van der Waals surface area contributed by atoms with Crippen molar-refractivity contribution >= 4 is 23.2 Å². The molecule has 0 atom stereocenters. The average Bonchev–Trinajstić information content (AvgIpc) is 2.43. The molecule has 0 saturated carbocycles. The molecule has 0 unspecified atom stereocenters. The minimum absolute atomic E-state index is 0.0469. The van der Waals surface area contributed by atoms with Gasteiger partial charge >= 0.3 is 0 Å². The summed E-state index contributed by atoms with van der Waals surface area (Å²) in [7, 11) is 0. The van der Waals surface area contributed by atoms with Crippen LogP contribution in [0.15, 0.2) is 36.5 Å². The standard InChI is InChI=1S/C14H12ClFN2O2/c1-2-20-14-10(4-3-7-17-14)13(19)18-12-6-5-9(15)8-11(12)16/h3-8H,2H2,1H3,(H,18,19). The summed E-state index contributed by atoms with van der Waals surface area (Å²) in [6, 6.07) is 7.18. The molecule has 0 spiro atoms. The monoisotopic (exact) mass is 294 g/mol. The molecule has 0 aliphatic rings. The predicted octanol–water partition coefficient (Wildman–Crippen LogP) is 3.53. The highest BCUT2D eigenvalue weighted by atomic mass is 35.5. The Labute approximate surface area is 120 Å². The van der Waals surface area contributed by atoms with E-state index in [1.54, 1.807) is 19.1 Å². The van der Waals surface area contributed by atoms with Gasteiger partial charge < -0.3 is 10.1 Å². The molecule has 0 saturated heterocycles. The highest BCUT2D eigenvalue weighted by Crippen LogP contribution is 2.21. The molecule has 0 aliphatic heterocycles. The van der Waals surface area contributed by atoms with Gasteiger partial charge in [0.25, 0.3) is 5.91 Å². The van der Waals surface area contributed by atoms with E-state index < -0.39 is 11.7 Å². The number of benzene rings is 1. The van der Waals surface area contributed by atoms with E-state index in [1.165, 1.54) is 18.3 Å². The highest BCUT2D eigenvalue weighted by molar-refractivity contribution is 6.30. The normalized spacial score (nSPS) is 10.2. The van der Waals surface area contributed by atoms with Crippen molar-refractivity contribution in [3.63, 3.8) is 0 Å². The summed E-state index contributed by atoms with van der Waals surface area (Å²) in [5.74, 6) is -0.891. The molecule has 2 rings (SSSR count). The summed E-state index contributed by atoms with van der Waals surface area (Å²) in [6.07, 6.45) is 1.52. The molecule has 1 amide bonds. The van der Waals surface area contributed by atoms with Gasteiger partial charge in [-0.05, 0) is 37.3 Å². The highest BCUT2D eigenvalue weighted by Gasteiger charge is 2.15. The van der Waals surface area contributed by atoms with E-state index in [4.69, 9.17) is 16.3 Å². The van der Waals surface area contributed by atoms with Gasteiger partial charge in [-0.2, -0.15) is 0 Å². The maximum atomic E-state index is 13.6. The summed E-state index contributed by atoms with van der Waals surface area (Å²) in [6.45, 7) is 2.17. The van der Waals surface area contributed by atoms with Crippen molar-refractivity contribution in [2.24, 2.45) is 0 Å². The molecule has 4 nitrogen and oxygen atoms in total. The van der Waals surface area contributed by atoms with Gasteiger partial charge in [-0.1, -0.05) is 11.6 Å². The Morgan fingerprint density at radius 3 is 2.95 bits per heavy atom. The molecule has 0 bridgehead atoms. The Bertz CT molecular complexity index is 634. The Balaban J connectivity index is 2.24. The van der Waals surface area contributed by atoms with Crippen molar-refractivity contribution in [3.8, 4) is 5.88 Å². The van der Waals surface area contributed by atoms with Gasteiger partial charge in [-0.3, -0.25) is 4.79 Å². The first-order valence-electron chi connectivity index (χ1n) is 5.96. The fourth-order valence-electron chi connectivity index (χ4n) is 1.60. The Morgan fingerprint density at radius 2 is 2.25 bits per heavy atom. The zero-order valence-electron chi connectivity index (χ0n) is 10.7. The first kappa shape index (κ1) is 14.3. The smallest absolute Gasteiger partial charge is 0.261 e. The van der Waals surface area contributed by atoms with E-state index in [-0.39, 0.29) is 22.2 Å². The lowest BCUT2D eigenvalue weighted by atomic mass is 10.2. The van der Waals surface area contributed by atoms with E-state index in [2.05, 4.69) is 10.3 Å². The Morgan fingerprint density at radius 1 is 1.45 bits per heavy atom. The SMILES string of the molecule is CCOc1ncccc1C(=O)Nc1ccc(Cl)cc1F. The number of amides is 1. The van der Waals surface area contributed by atoms with E-state index >= 15 is 0 Å². The lowest BCUT2D eigenvalue weighted by molar-refractivity contribution is 0.102. The van der Waals surface area contributed by atoms with E-state index in [0.29, 0.717) is 6.61 Å². The van der Waals surface area contributed by atoms with Gasteiger partial charge in [0.1, 0.15) is 11.4 Å². The topological polar surface area (TPSA) is 51.2 Å². The molecular weight excluding hydrogens is 283 g/mol. The minimum atomic E-state index is -0.604. The second-order valence-corrected chi connectivity index (χ2v) is 4.30. The van der Waals surface area contributed by atoms with Crippen molar-refractivity contribution in [3.05, 3.63) is 52.9 Å². The van der Waals surface area contributed by atoms with Crippen molar-refractivity contribution in [1.82, 2.24) is 4.98 Å². The Kier molecular flexibility index (Phi) is 4.53. The van der Waals surface area contributed by atoms with Crippen molar-refractivity contribution < 1.29 is 13.9 Å². The maximum absolute atomic E-state index is 13.6. The molecule has 1 aromatic heterocycles. The van der Waals surface area contributed by atoms with Crippen LogP contribution in [0.1, 0.15) is 17.3 Å². The van der Waals surface area contributed by atoms with E-state index in [9.17, 15) is 9.18 Å². The largest absolute Gasteiger partial charge is 0.477 e. The summed E-state index contributed by atoms with van der Waals surface area (Å²) in [5.41, 5.74) is 0.286. The molecule has 6 heteroatoms. The number of anilines is 1. The zero-order valence-corrected chi connectivity index (χ0v) is 11.4. The van der Waals surface area contributed by atoms with Crippen LogP contribution in [0.3, 0.4) is 0 Å². The third-order valence-corrected chi connectivity index (χ3v) is 2.71. The Hall–Kier alpha value is -2.14. The van der Waals surface area contributed by atoms with Gasteiger partial charge in [0.15, 0.2) is 0 Å². The fourth-order valence-corrected chi connectivity index (χ4v) is 1.75. The molecule has 20 heavy (non-hydrogen) atoms. The minimum Gasteiger partial charge on any atom is -0.477 e. The summed E-state index contributed by atoms with van der Waals surface area (Å²) >= 11 is 5.65. The number of halogens is 2. The summed E-state index contributed by atoms with van der Waals surface area (Å²) in [4.78, 5) is 16.1. The zero-order chi connectivity index (χ0) is 14.5. The number of hydrogen-bond acceptors (Lipinski definition) is 3. The number of aromatic nitrogens is 1. The van der Waals surface area contributed by atoms with Crippen LogP contribution in [-0.2, 0) is 0 Å². The third-order valence-electron chi connectivity index (χ3n) is 2.48. The molecule has 2 aromatic rings. The maximum Gasteiger partial charge on any atom is 0.261 e. The van der Waals surface area contributed by atoms with E-state index in [0.717, 1.165) is 6.07 Å². The lowest BCUT2D eigenvalue weighted by Gasteiger charge is -2.10. The predicted molar refractivity (Wildman–Crippen MR) is 74.8 cm³/mol. The number of nitrogens with one attached hydrogen (secondary N) is 1. The van der Waals surface area contributed by atoms with Crippen molar-refractivity contribution in [2.45, 2.75) is 6.92 Å². The number of hydrogen-bond donors (Lipinski definition) is 1. The number of carbonyl (C=O) groups is 1. The number of carbonyl (C=O) groups excluding carboxylic acids is 1. The molecule has 0 aliphatic carbocycles. The average molecular weight is 295 g/mol. The van der Waals surface area contributed by atoms with Gasteiger partial charge in [-0.15, -0.1) is 0 Å². The van der Waals surface area contributed by atoms with Crippen molar-refractivity contribution in [2.75, 3.05) is 11.9 Å². The van der Waals surface area contributed by atoms with Crippen LogP contribution in [0.5, 0.6) is 5.88 Å². The molecule has 0 radical (unpaired) electrons. The number of pyridine rings is 1. The molecule has 0 fully saturated rings. The molecule has 104 valence electrons. The quantitative estimate of drug-likeness (QED) is 0.938. The fraction of sp³-hybridized carbons (Fsp3) is 0.143. The van der Waals surface area contributed by atoms with Crippen LogP contribution < -0.4 is 10.1 Å². The van der Waals surface area contributed by atoms with Gasteiger partial charge in [0.2, 0.25) is 5.88 Å². The van der Waals surface area contributed by atoms with Crippen LogP contribution in [0.25, 0.3) is 0 Å². The lowest BCUT2D eigenvalue weighted by Crippen LogP contribution is -2.15. The van der Waals surface area contributed by atoms with Crippen molar-refractivity contribution in [1.29, 1.82) is 0 Å². The molecule has 1 N–H and O–H groups in total. The molecule has 1 heterocycles.